The van der Waals surface area contributed by atoms with Gasteiger partial charge in [-0.05, 0) is 49.3 Å². The van der Waals surface area contributed by atoms with E-state index in [4.69, 9.17) is 0 Å². The number of carbonyl (C=O) groups excluding carboxylic acids is 3. The van der Waals surface area contributed by atoms with Crippen LogP contribution in [0.15, 0.2) is 24.3 Å². The Kier molecular flexibility index (Phi) is 4.79. The molecule has 2 aliphatic carbocycles. The molecule has 1 aromatic rings. The van der Waals surface area contributed by atoms with E-state index >= 15 is 0 Å². The van der Waals surface area contributed by atoms with Crippen LogP contribution in [0.3, 0.4) is 0 Å². The highest BCUT2D eigenvalue weighted by Gasteiger charge is 2.49. The SMILES string of the molecule is CC(C)c1ccc(N2C(=O)CC(N(C(=O)C3CC3)C3CCCC3)C2=O)cc1. The Balaban J connectivity index is 1.59. The third-order valence-electron chi connectivity index (χ3n) is 6.18. The van der Waals surface area contributed by atoms with Gasteiger partial charge in [0.2, 0.25) is 11.8 Å². The molecule has 0 bridgehead atoms. The fourth-order valence-corrected chi connectivity index (χ4v) is 4.42. The van der Waals surface area contributed by atoms with Gasteiger partial charge < -0.3 is 4.90 Å². The lowest BCUT2D eigenvalue weighted by atomic mass is 10.0. The normalized spacial score (nSPS) is 23.5. The van der Waals surface area contributed by atoms with E-state index in [9.17, 15) is 14.4 Å². The second kappa shape index (κ2) is 7.10. The molecule has 144 valence electrons. The zero-order valence-corrected chi connectivity index (χ0v) is 16.2. The number of imide groups is 1. The Hall–Kier alpha value is -2.17. The topological polar surface area (TPSA) is 57.7 Å². The van der Waals surface area contributed by atoms with Crippen LogP contribution >= 0.6 is 0 Å². The van der Waals surface area contributed by atoms with E-state index in [-0.39, 0.29) is 36.1 Å². The maximum absolute atomic E-state index is 13.2. The molecule has 3 aliphatic rings. The number of nitrogens with zero attached hydrogens (tertiary/aromatic N) is 2. The van der Waals surface area contributed by atoms with E-state index in [2.05, 4.69) is 13.8 Å². The smallest absolute Gasteiger partial charge is 0.257 e. The van der Waals surface area contributed by atoms with Crippen LogP contribution in [0.1, 0.15) is 70.3 Å². The Morgan fingerprint density at radius 3 is 2.22 bits per heavy atom. The first-order valence-corrected chi connectivity index (χ1v) is 10.3. The molecule has 5 nitrogen and oxygen atoms in total. The highest BCUT2D eigenvalue weighted by molar-refractivity contribution is 6.23. The van der Waals surface area contributed by atoms with Crippen molar-refractivity contribution >= 4 is 23.4 Å². The van der Waals surface area contributed by atoms with E-state index < -0.39 is 6.04 Å². The number of rotatable bonds is 5. The molecule has 27 heavy (non-hydrogen) atoms. The van der Waals surface area contributed by atoms with Crippen LogP contribution in [-0.2, 0) is 14.4 Å². The fourth-order valence-electron chi connectivity index (χ4n) is 4.42. The number of anilines is 1. The van der Waals surface area contributed by atoms with Crippen LogP contribution in [0.5, 0.6) is 0 Å². The molecule has 2 saturated carbocycles. The highest BCUT2D eigenvalue weighted by Crippen LogP contribution is 2.38. The lowest BCUT2D eigenvalue weighted by Crippen LogP contribution is -2.50. The van der Waals surface area contributed by atoms with Crippen molar-refractivity contribution in [2.45, 2.75) is 76.8 Å². The van der Waals surface area contributed by atoms with Crippen LogP contribution in [0, 0.1) is 5.92 Å². The van der Waals surface area contributed by atoms with Crippen molar-refractivity contribution in [1.29, 1.82) is 0 Å². The molecule has 1 unspecified atom stereocenters. The van der Waals surface area contributed by atoms with Crippen molar-refractivity contribution in [1.82, 2.24) is 4.90 Å². The Labute approximate surface area is 160 Å². The van der Waals surface area contributed by atoms with Crippen molar-refractivity contribution in [3.8, 4) is 0 Å². The van der Waals surface area contributed by atoms with Gasteiger partial charge in [-0.25, -0.2) is 4.90 Å². The average molecular weight is 368 g/mol. The molecule has 4 rings (SSSR count). The van der Waals surface area contributed by atoms with Gasteiger partial charge in [-0.2, -0.15) is 0 Å². The van der Waals surface area contributed by atoms with Crippen molar-refractivity contribution in [2.75, 3.05) is 4.90 Å². The third kappa shape index (κ3) is 3.40. The molecular formula is C22H28N2O3. The summed E-state index contributed by atoms with van der Waals surface area (Å²) in [6.07, 6.45) is 6.01. The number of carbonyl (C=O) groups is 3. The van der Waals surface area contributed by atoms with Gasteiger partial charge >= 0.3 is 0 Å². The zero-order valence-electron chi connectivity index (χ0n) is 16.2. The molecule has 0 radical (unpaired) electrons. The molecule has 0 N–H and O–H groups in total. The van der Waals surface area contributed by atoms with Gasteiger partial charge in [-0.1, -0.05) is 38.8 Å². The summed E-state index contributed by atoms with van der Waals surface area (Å²) in [4.78, 5) is 41.9. The molecule has 5 heteroatoms. The first kappa shape index (κ1) is 18.2. The largest absolute Gasteiger partial charge is 0.327 e. The first-order chi connectivity index (χ1) is 13.0. The second-order valence-corrected chi connectivity index (χ2v) is 8.49. The van der Waals surface area contributed by atoms with Gasteiger partial charge in [0.25, 0.3) is 5.91 Å². The van der Waals surface area contributed by atoms with Crippen LogP contribution in [0.2, 0.25) is 0 Å². The highest BCUT2D eigenvalue weighted by atomic mass is 16.2. The quantitative estimate of drug-likeness (QED) is 0.746. The lowest BCUT2D eigenvalue weighted by Gasteiger charge is -2.33. The van der Waals surface area contributed by atoms with E-state index in [1.807, 2.05) is 24.3 Å². The van der Waals surface area contributed by atoms with E-state index in [1.54, 1.807) is 4.90 Å². The van der Waals surface area contributed by atoms with Crippen LogP contribution in [0.25, 0.3) is 0 Å². The number of amides is 3. The summed E-state index contributed by atoms with van der Waals surface area (Å²) in [5, 5.41) is 0. The minimum atomic E-state index is -0.626. The molecule has 1 aliphatic heterocycles. The molecule has 1 saturated heterocycles. The predicted molar refractivity (Wildman–Crippen MR) is 103 cm³/mol. The molecular weight excluding hydrogens is 340 g/mol. The van der Waals surface area contributed by atoms with Crippen molar-refractivity contribution in [3.05, 3.63) is 29.8 Å². The van der Waals surface area contributed by atoms with E-state index in [0.717, 1.165) is 38.5 Å². The molecule has 0 spiro atoms. The fraction of sp³-hybridized carbons (Fsp3) is 0.591. The summed E-state index contributed by atoms with van der Waals surface area (Å²) in [5.41, 5.74) is 1.79. The number of hydrogen-bond acceptors (Lipinski definition) is 3. The minimum Gasteiger partial charge on any atom is -0.327 e. The van der Waals surface area contributed by atoms with Gasteiger partial charge in [0, 0.05) is 12.0 Å². The molecule has 0 aromatic heterocycles. The van der Waals surface area contributed by atoms with Crippen molar-refractivity contribution in [3.63, 3.8) is 0 Å². The Bertz CT molecular complexity index is 745. The van der Waals surface area contributed by atoms with Gasteiger partial charge in [0.1, 0.15) is 6.04 Å². The predicted octanol–water partition coefficient (Wildman–Crippen LogP) is 3.62. The third-order valence-corrected chi connectivity index (χ3v) is 6.18. The standard InChI is InChI=1S/C22H28N2O3/c1-14(2)15-9-11-18(12-10-15)24-20(25)13-19(22(24)27)23(17-5-3-4-6-17)21(26)16-7-8-16/h9-12,14,16-17,19H,3-8,13H2,1-2H3. The second-order valence-electron chi connectivity index (χ2n) is 8.49. The van der Waals surface area contributed by atoms with Crippen molar-refractivity contribution in [2.24, 2.45) is 5.92 Å². The lowest BCUT2D eigenvalue weighted by molar-refractivity contribution is -0.142. The van der Waals surface area contributed by atoms with Crippen LogP contribution < -0.4 is 4.90 Å². The maximum atomic E-state index is 13.2. The van der Waals surface area contributed by atoms with E-state index in [1.165, 1.54) is 10.5 Å². The molecule has 1 atom stereocenters. The summed E-state index contributed by atoms with van der Waals surface area (Å²) >= 11 is 0. The molecule has 3 amide bonds. The van der Waals surface area contributed by atoms with Gasteiger partial charge in [0.15, 0.2) is 0 Å². The first-order valence-electron chi connectivity index (χ1n) is 10.3. The summed E-state index contributed by atoms with van der Waals surface area (Å²) in [5.74, 6) is 0.107. The average Bonchev–Trinajstić information content (AvgIpc) is 3.29. The molecule has 3 fully saturated rings. The number of benzene rings is 1. The van der Waals surface area contributed by atoms with Crippen molar-refractivity contribution < 1.29 is 14.4 Å². The minimum absolute atomic E-state index is 0.0628. The van der Waals surface area contributed by atoms with Gasteiger partial charge in [-0.15, -0.1) is 0 Å². The van der Waals surface area contributed by atoms with Crippen LogP contribution in [-0.4, -0.2) is 34.7 Å². The summed E-state index contributed by atoms with van der Waals surface area (Å²) in [6, 6.07) is 7.11. The Morgan fingerprint density at radius 1 is 1.04 bits per heavy atom. The maximum Gasteiger partial charge on any atom is 0.257 e. The van der Waals surface area contributed by atoms with Crippen LogP contribution in [0.4, 0.5) is 5.69 Å². The van der Waals surface area contributed by atoms with Gasteiger partial charge in [0.05, 0.1) is 12.1 Å². The molecule has 1 aromatic carbocycles. The monoisotopic (exact) mass is 368 g/mol. The summed E-state index contributed by atoms with van der Waals surface area (Å²) in [7, 11) is 0. The molecule has 1 heterocycles. The van der Waals surface area contributed by atoms with Gasteiger partial charge in [-0.3, -0.25) is 14.4 Å². The zero-order chi connectivity index (χ0) is 19.1. The van der Waals surface area contributed by atoms with E-state index in [0.29, 0.717) is 11.6 Å². The summed E-state index contributed by atoms with van der Waals surface area (Å²) < 4.78 is 0. The Morgan fingerprint density at radius 2 is 1.67 bits per heavy atom. The number of hydrogen-bond donors (Lipinski definition) is 0. The summed E-state index contributed by atoms with van der Waals surface area (Å²) in [6.45, 7) is 4.22.